The highest BCUT2D eigenvalue weighted by Crippen LogP contribution is 2.14. The number of ether oxygens (including phenoxy) is 2. The number of aryl methyl sites for hydroxylation is 1. The molecule has 2 amide bonds. The zero-order valence-corrected chi connectivity index (χ0v) is 16.1. The number of hydrogen-bond acceptors (Lipinski definition) is 4. The van der Waals surface area contributed by atoms with Gasteiger partial charge in [0.25, 0.3) is 11.8 Å². The van der Waals surface area contributed by atoms with Crippen LogP contribution in [0.15, 0.2) is 78.9 Å². The van der Waals surface area contributed by atoms with Crippen molar-refractivity contribution in [3.05, 3.63) is 95.6 Å². The maximum atomic E-state index is 12.3. The highest BCUT2D eigenvalue weighted by Gasteiger charge is 2.10. The van der Waals surface area contributed by atoms with Gasteiger partial charge in [0.1, 0.15) is 24.7 Å². The van der Waals surface area contributed by atoms with Gasteiger partial charge in [0.05, 0.1) is 0 Å². The standard InChI is InChI=1S/C23H22N2O4/c1-17-7-5-8-18(15-17)22(26)24-25-23(27)19-9-6-12-21(16-19)29-14-13-28-20-10-3-2-4-11-20/h2-12,15-16H,13-14H2,1H3,(H,24,26)(H,25,27). The molecule has 148 valence electrons. The van der Waals surface area contributed by atoms with Crippen LogP contribution in [-0.2, 0) is 0 Å². The summed E-state index contributed by atoms with van der Waals surface area (Å²) < 4.78 is 11.2. The molecule has 0 saturated heterocycles. The van der Waals surface area contributed by atoms with E-state index in [2.05, 4.69) is 10.9 Å². The van der Waals surface area contributed by atoms with E-state index in [-0.39, 0.29) is 5.91 Å². The van der Waals surface area contributed by atoms with Crippen molar-refractivity contribution in [3.63, 3.8) is 0 Å². The molecular formula is C23H22N2O4. The van der Waals surface area contributed by atoms with Gasteiger partial charge in [0, 0.05) is 11.1 Å². The SMILES string of the molecule is Cc1cccc(C(=O)NNC(=O)c2cccc(OCCOc3ccccc3)c2)c1. The zero-order chi connectivity index (χ0) is 20.5. The Hall–Kier alpha value is -3.80. The van der Waals surface area contributed by atoms with E-state index in [0.717, 1.165) is 11.3 Å². The van der Waals surface area contributed by atoms with Crippen molar-refractivity contribution in [3.8, 4) is 11.5 Å². The summed E-state index contributed by atoms with van der Waals surface area (Å²) in [7, 11) is 0. The number of hydrazine groups is 1. The highest BCUT2D eigenvalue weighted by atomic mass is 16.5. The molecule has 3 aromatic rings. The molecule has 0 saturated carbocycles. The van der Waals surface area contributed by atoms with Gasteiger partial charge >= 0.3 is 0 Å². The second kappa shape index (κ2) is 9.94. The molecule has 2 N–H and O–H groups in total. The van der Waals surface area contributed by atoms with Gasteiger partial charge in [0.15, 0.2) is 0 Å². The summed E-state index contributed by atoms with van der Waals surface area (Å²) in [4.78, 5) is 24.4. The van der Waals surface area contributed by atoms with Crippen LogP contribution in [0.5, 0.6) is 11.5 Å². The maximum Gasteiger partial charge on any atom is 0.269 e. The first-order chi connectivity index (χ1) is 14.1. The van der Waals surface area contributed by atoms with E-state index in [1.807, 2.05) is 43.3 Å². The van der Waals surface area contributed by atoms with E-state index in [1.54, 1.807) is 42.5 Å². The number of nitrogens with one attached hydrogen (secondary N) is 2. The van der Waals surface area contributed by atoms with E-state index in [9.17, 15) is 9.59 Å². The van der Waals surface area contributed by atoms with Crippen LogP contribution in [0.3, 0.4) is 0 Å². The Labute approximate surface area is 169 Å². The molecule has 0 spiro atoms. The van der Waals surface area contributed by atoms with Gasteiger partial charge in [-0.3, -0.25) is 20.4 Å². The van der Waals surface area contributed by atoms with Crippen LogP contribution in [-0.4, -0.2) is 25.0 Å². The van der Waals surface area contributed by atoms with Gasteiger partial charge in [-0.1, -0.05) is 42.0 Å². The second-order valence-corrected chi connectivity index (χ2v) is 6.32. The van der Waals surface area contributed by atoms with E-state index in [1.165, 1.54) is 0 Å². The third-order valence-electron chi connectivity index (χ3n) is 4.03. The lowest BCUT2D eigenvalue weighted by atomic mass is 10.1. The van der Waals surface area contributed by atoms with Crippen LogP contribution in [0.4, 0.5) is 0 Å². The number of rotatable bonds is 7. The first kappa shape index (κ1) is 19.9. The molecule has 0 heterocycles. The van der Waals surface area contributed by atoms with E-state index < -0.39 is 5.91 Å². The summed E-state index contributed by atoms with van der Waals surface area (Å²) in [5, 5.41) is 0. The molecule has 3 aromatic carbocycles. The Morgan fingerprint density at radius 3 is 1.90 bits per heavy atom. The molecule has 0 atom stereocenters. The molecule has 0 aliphatic heterocycles. The first-order valence-electron chi connectivity index (χ1n) is 9.20. The van der Waals surface area contributed by atoms with E-state index in [0.29, 0.717) is 30.1 Å². The van der Waals surface area contributed by atoms with Gasteiger partial charge in [-0.25, -0.2) is 0 Å². The predicted octanol–water partition coefficient (Wildman–Crippen LogP) is 3.53. The Kier molecular flexibility index (Phi) is 6.84. The monoisotopic (exact) mass is 390 g/mol. The lowest BCUT2D eigenvalue weighted by Crippen LogP contribution is -2.41. The molecule has 6 nitrogen and oxygen atoms in total. The summed E-state index contributed by atoms with van der Waals surface area (Å²) in [6, 6.07) is 23.3. The molecule has 0 aliphatic rings. The molecule has 0 radical (unpaired) electrons. The van der Waals surface area contributed by atoms with E-state index in [4.69, 9.17) is 9.47 Å². The molecule has 0 fully saturated rings. The van der Waals surface area contributed by atoms with Crippen molar-refractivity contribution in [2.24, 2.45) is 0 Å². The smallest absolute Gasteiger partial charge is 0.269 e. The second-order valence-electron chi connectivity index (χ2n) is 6.32. The summed E-state index contributed by atoms with van der Waals surface area (Å²) in [6.45, 7) is 2.61. The van der Waals surface area contributed by atoms with Gasteiger partial charge in [-0.15, -0.1) is 0 Å². The van der Waals surface area contributed by atoms with Crippen molar-refractivity contribution >= 4 is 11.8 Å². The summed E-state index contributed by atoms with van der Waals surface area (Å²) >= 11 is 0. The number of benzene rings is 3. The summed E-state index contributed by atoms with van der Waals surface area (Å²) in [5.74, 6) is 0.498. The lowest BCUT2D eigenvalue weighted by molar-refractivity contribution is 0.0846. The normalized spacial score (nSPS) is 10.1. The van der Waals surface area contributed by atoms with Crippen LogP contribution in [0.25, 0.3) is 0 Å². The van der Waals surface area contributed by atoms with Crippen molar-refractivity contribution in [1.82, 2.24) is 10.9 Å². The fourth-order valence-corrected chi connectivity index (χ4v) is 2.61. The molecule has 0 aliphatic carbocycles. The summed E-state index contributed by atoms with van der Waals surface area (Å²) in [6.07, 6.45) is 0. The highest BCUT2D eigenvalue weighted by molar-refractivity contribution is 5.99. The first-order valence-corrected chi connectivity index (χ1v) is 9.20. The molecule has 6 heteroatoms. The molecule has 0 aromatic heterocycles. The number of hydrogen-bond donors (Lipinski definition) is 2. The minimum atomic E-state index is -0.433. The minimum Gasteiger partial charge on any atom is -0.490 e. The number of amides is 2. The number of para-hydroxylation sites is 1. The van der Waals surface area contributed by atoms with Crippen LogP contribution in [0, 0.1) is 6.92 Å². The fourth-order valence-electron chi connectivity index (χ4n) is 2.61. The van der Waals surface area contributed by atoms with Gasteiger partial charge in [-0.2, -0.15) is 0 Å². The van der Waals surface area contributed by atoms with Gasteiger partial charge in [-0.05, 0) is 49.4 Å². The Balaban J connectivity index is 1.48. The molecular weight excluding hydrogens is 368 g/mol. The number of carbonyl (C=O) groups excluding carboxylic acids is 2. The average molecular weight is 390 g/mol. The van der Waals surface area contributed by atoms with E-state index >= 15 is 0 Å². The summed E-state index contributed by atoms with van der Waals surface area (Å²) in [5.41, 5.74) is 6.64. The van der Waals surface area contributed by atoms with Crippen LogP contribution < -0.4 is 20.3 Å². The predicted molar refractivity (Wildman–Crippen MR) is 110 cm³/mol. The van der Waals surface area contributed by atoms with Crippen molar-refractivity contribution in [1.29, 1.82) is 0 Å². The van der Waals surface area contributed by atoms with Crippen LogP contribution >= 0.6 is 0 Å². The van der Waals surface area contributed by atoms with Gasteiger partial charge < -0.3 is 9.47 Å². The molecule has 0 unspecified atom stereocenters. The van der Waals surface area contributed by atoms with Crippen LogP contribution in [0.2, 0.25) is 0 Å². The Bertz CT molecular complexity index is 973. The topological polar surface area (TPSA) is 76.7 Å². The molecule has 29 heavy (non-hydrogen) atoms. The molecule has 3 rings (SSSR count). The third kappa shape index (κ3) is 6.10. The fraction of sp³-hybridized carbons (Fsp3) is 0.130. The van der Waals surface area contributed by atoms with Crippen molar-refractivity contribution in [2.75, 3.05) is 13.2 Å². The third-order valence-corrected chi connectivity index (χ3v) is 4.03. The molecule has 0 bridgehead atoms. The quantitative estimate of drug-likeness (QED) is 0.478. The lowest BCUT2D eigenvalue weighted by Gasteiger charge is -2.10. The number of carbonyl (C=O) groups is 2. The van der Waals surface area contributed by atoms with Crippen LogP contribution in [0.1, 0.15) is 26.3 Å². The maximum absolute atomic E-state index is 12.3. The minimum absolute atomic E-state index is 0.337. The Morgan fingerprint density at radius 2 is 1.24 bits per heavy atom. The largest absolute Gasteiger partial charge is 0.490 e. The Morgan fingerprint density at radius 1 is 0.690 bits per heavy atom. The van der Waals surface area contributed by atoms with Crippen molar-refractivity contribution in [2.45, 2.75) is 6.92 Å². The van der Waals surface area contributed by atoms with Crippen molar-refractivity contribution < 1.29 is 19.1 Å². The van der Waals surface area contributed by atoms with Gasteiger partial charge in [0.2, 0.25) is 0 Å². The average Bonchev–Trinajstić information content (AvgIpc) is 2.76. The zero-order valence-electron chi connectivity index (χ0n) is 16.1.